The molecule has 144 valence electrons. The lowest BCUT2D eigenvalue weighted by Gasteiger charge is -2.09. The lowest BCUT2D eigenvalue weighted by Crippen LogP contribution is -2.13. The van der Waals surface area contributed by atoms with E-state index in [-0.39, 0.29) is 11.7 Å². The van der Waals surface area contributed by atoms with Crippen LogP contribution in [0.4, 0.5) is 10.1 Å². The topological polar surface area (TPSA) is 55.1 Å². The van der Waals surface area contributed by atoms with E-state index in [1.807, 2.05) is 36.6 Å². The molecule has 0 bridgehead atoms. The minimum atomic E-state index is -0.318. The highest BCUT2D eigenvalue weighted by molar-refractivity contribution is 7.98. The fraction of sp³-hybridized carbons (Fsp3) is 0.0435. The van der Waals surface area contributed by atoms with Gasteiger partial charge in [-0.3, -0.25) is 4.79 Å². The van der Waals surface area contributed by atoms with Crippen molar-refractivity contribution < 1.29 is 13.6 Å². The van der Waals surface area contributed by atoms with Crippen molar-refractivity contribution in [3.05, 3.63) is 90.4 Å². The fourth-order valence-electron chi connectivity index (χ4n) is 2.91. The summed E-state index contributed by atoms with van der Waals surface area (Å²) in [6.07, 6.45) is 3.55. The maximum Gasteiger partial charge on any atom is 0.256 e. The number of hydrogen-bond acceptors (Lipinski definition) is 4. The molecule has 4 rings (SSSR count). The van der Waals surface area contributed by atoms with Crippen molar-refractivity contribution in [1.29, 1.82) is 0 Å². The number of hydrogen-bond donors (Lipinski definition) is 1. The summed E-state index contributed by atoms with van der Waals surface area (Å²) in [5.74, 6) is 0.261. The molecule has 0 aliphatic carbocycles. The van der Waals surface area contributed by atoms with E-state index in [2.05, 4.69) is 10.3 Å². The molecule has 0 saturated heterocycles. The first-order valence-electron chi connectivity index (χ1n) is 8.90. The molecule has 0 saturated carbocycles. The highest BCUT2D eigenvalue weighted by atomic mass is 32.2. The van der Waals surface area contributed by atoms with Crippen LogP contribution in [0.1, 0.15) is 10.4 Å². The molecule has 6 heteroatoms. The molecule has 3 aromatic carbocycles. The van der Waals surface area contributed by atoms with Crippen LogP contribution >= 0.6 is 11.8 Å². The second-order valence-electron chi connectivity index (χ2n) is 6.27. The molecule has 1 amide bonds. The van der Waals surface area contributed by atoms with E-state index in [1.54, 1.807) is 48.3 Å². The number of rotatable bonds is 5. The van der Waals surface area contributed by atoms with Gasteiger partial charge in [0, 0.05) is 21.7 Å². The Morgan fingerprint density at radius 1 is 1.03 bits per heavy atom. The van der Waals surface area contributed by atoms with E-state index in [9.17, 15) is 9.18 Å². The lowest BCUT2D eigenvalue weighted by molar-refractivity contribution is 0.102. The number of aromatic nitrogens is 1. The predicted octanol–water partition coefficient (Wildman–Crippen LogP) is 6.12. The molecule has 4 nitrogen and oxygen atoms in total. The minimum Gasteiger partial charge on any atom is -0.436 e. The van der Waals surface area contributed by atoms with Gasteiger partial charge in [0.15, 0.2) is 5.76 Å². The van der Waals surface area contributed by atoms with Crippen LogP contribution in [0.2, 0.25) is 0 Å². The number of carbonyl (C=O) groups excluding carboxylic acids is 1. The van der Waals surface area contributed by atoms with Gasteiger partial charge in [-0.1, -0.05) is 18.2 Å². The molecule has 0 aliphatic heterocycles. The summed E-state index contributed by atoms with van der Waals surface area (Å²) in [7, 11) is 0. The van der Waals surface area contributed by atoms with Crippen molar-refractivity contribution in [3.63, 3.8) is 0 Å². The summed E-state index contributed by atoms with van der Waals surface area (Å²) in [5, 5.41) is 2.92. The van der Waals surface area contributed by atoms with Crippen molar-refractivity contribution in [2.45, 2.75) is 4.90 Å². The summed E-state index contributed by atoms with van der Waals surface area (Å²) in [4.78, 5) is 18.3. The van der Waals surface area contributed by atoms with Gasteiger partial charge in [-0.15, -0.1) is 11.8 Å². The normalized spacial score (nSPS) is 10.7. The quantitative estimate of drug-likeness (QED) is 0.407. The maximum atomic E-state index is 13.1. The molecule has 0 radical (unpaired) electrons. The second-order valence-corrected chi connectivity index (χ2v) is 7.15. The summed E-state index contributed by atoms with van der Waals surface area (Å²) in [6, 6.07) is 20.7. The summed E-state index contributed by atoms with van der Waals surface area (Å²) in [6.45, 7) is 0. The van der Waals surface area contributed by atoms with Crippen LogP contribution in [0.25, 0.3) is 22.8 Å². The van der Waals surface area contributed by atoms with Gasteiger partial charge < -0.3 is 9.73 Å². The first-order valence-corrected chi connectivity index (χ1v) is 10.1. The molecule has 0 spiro atoms. The van der Waals surface area contributed by atoms with Crippen LogP contribution in [-0.4, -0.2) is 17.1 Å². The van der Waals surface area contributed by atoms with Gasteiger partial charge in [0.2, 0.25) is 5.89 Å². The van der Waals surface area contributed by atoms with E-state index in [0.29, 0.717) is 28.3 Å². The zero-order chi connectivity index (χ0) is 20.2. The number of anilines is 1. The van der Waals surface area contributed by atoms with E-state index in [1.165, 1.54) is 12.1 Å². The second kappa shape index (κ2) is 8.32. The van der Waals surface area contributed by atoms with Gasteiger partial charge in [-0.25, -0.2) is 9.37 Å². The number of halogens is 1. The largest absolute Gasteiger partial charge is 0.436 e. The Balaban J connectivity index is 1.63. The molecule has 1 heterocycles. The first kappa shape index (κ1) is 19.0. The number of nitrogens with one attached hydrogen (secondary N) is 1. The Morgan fingerprint density at radius 3 is 2.62 bits per heavy atom. The zero-order valence-corrected chi connectivity index (χ0v) is 16.4. The van der Waals surface area contributed by atoms with Crippen molar-refractivity contribution in [2.75, 3.05) is 11.6 Å². The standard InChI is InChI=1S/C23H17FN2O2S/c1-29-18-6-4-5-17(13-18)26-22(27)19-7-2-3-8-20(19)23-25-14-21(28-23)15-9-11-16(24)12-10-15/h2-14H,1H3,(H,26,27). The third-order valence-corrected chi connectivity index (χ3v) is 5.09. The van der Waals surface area contributed by atoms with Crippen LogP contribution in [0.15, 0.2) is 88.3 Å². The summed E-state index contributed by atoms with van der Waals surface area (Å²) < 4.78 is 19.0. The van der Waals surface area contributed by atoms with Gasteiger partial charge >= 0.3 is 0 Å². The highest BCUT2D eigenvalue weighted by Gasteiger charge is 2.17. The lowest BCUT2D eigenvalue weighted by atomic mass is 10.1. The monoisotopic (exact) mass is 404 g/mol. The van der Waals surface area contributed by atoms with E-state index < -0.39 is 0 Å². The van der Waals surface area contributed by atoms with Gasteiger partial charge in [-0.05, 0) is 60.9 Å². The average molecular weight is 404 g/mol. The summed E-state index contributed by atoms with van der Waals surface area (Å²) >= 11 is 1.61. The Morgan fingerprint density at radius 2 is 1.83 bits per heavy atom. The molecule has 0 atom stereocenters. The van der Waals surface area contributed by atoms with E-state index >= 15 is 0 Å². The molecule has 0 unspecified atom stereocenters. The SMILES string of the molecule is CSc1cccc(NC(=O)c2ccccc2-c2ncc(-c3ccc(F)cc3)o2)c1. The molecule has 4 aromatic rings. The van der Waals surface area contributed by atoms with E-state index in [0.717, 1.165) is 10.6 Å². The predicted molar refractivity (Wildman–Crippen MR) is 114 cm³/mol. The van der Waals surface area contributed by atoms with Gasteiger partial charge in [-0.2, -0.15) is 0 Å². The van der Waals surface area contributed by atoms with Gasteiger partial charge in [0.25, 0.3) is 5.91 Å². The van der Waals surface area contributed by atoms with Crippen molar-refractivity contribution in [3.8, 4) is 22.8 Å². The number of amides is 1. The van der Waals surface area contributed by atoms with Crippen molar-refractivity contribution in [1.82, 2.24) is 4.98 Å². The number of carbonyl (C=O) groups is 1. The zero-order valence-electron chi connectivity index (χ0n) is 15.6. The number of nitrogens with zero attached hydrogens (tertiary/aromatic N) is 1. The molecular weight excluding hydrogens is 387 g/mol. The molecule has 0 aliphatic rings. The van der Waals surface area contributed by atoms with Crippen LogP contribution in [0, 0.1) is 5.82 Å². The Hall–Kier alpha value is -3.38. The summed E-state index contributed by atoms with van der Waals surface area (Å²) in [5.41, 5.74) is 2.46. The Bertz CT molecular complexity index is 1160. The molecular formula is C23H17FN2O2S. The molecule has 29 heavy (non-hydrogen) atoms. The molecule has 1 aromatic heterocycles. The minimum absolute atomic E-state index is 0.250. The third kappa shape index (κ3) is 4.22. The van der Waals surface area contributed by atoms with Crippen molar-refractivity contribution in [2.24, 2.45) is 0 Å². The van der Waals surface area contributed by atoms with Crippen molar-refractivity contribution >= 4 is 23.4 Å². The number of oxazole rings is 1. The van der Waals surface area contributed by atoms with Crippen LogP contribution in [0.5, 0.6) is 0 Å². The average Bonchev–Trinajstić information content (AvgIpc) is 3.24. The molecule has 1 N–H and O–H groups in total. The van der Waals surface area contributed by atoms with Crippen LogP contribution in [0.3, 0.4) is 0 Å². The van der Waals surface area contributed by atoms with E-state index in [4.69, 9.17) is 4.42 Å². The third-order valence-electron chi connectivity index (χ3n) is 4.36. The smallest absolute Gasteiger partial charge is 0.256 e. The van der Waals surface area contributed by atoms with Crippen LogP contribution in [-0.2, 0) is 0 Å². The first-order chi connectivity index (χ1) is 14.1. The Kier molecular flexibility index (Phi) is 5.44. The Labute approximate surface area is 171 Å². The van der Waals surface area contributed by atoms with Crippen LogP contribution < -0.4 is 5.32 Å². The maximum absolute atomic E-state index is 13.1. The molecule has 0 fully saturated rings. The number of benzene rings is 3. The number of thioether (sulfide) groups is 1. The highest BCUT2D eigenvalue weighted by Crippen LogP contribution is 2.29. The fourth-order valence-corrected chi connectivity index (χ4v) is 3.37. The van der Waals surface area contributed by atoms with Gasteiger partial charge in [0.05, 0.1) is 11.8 Å². The van der Waals surface area contributed by atoms with Gasteiger partial charge in [0.1, 0.15) is 5.82 Å².